The van der Waals surface area contributed by atoms with Crippen molar-refractivity contribution in [1.82, 2.24) is 4.98 Å². The van der Waals surface area contributed by atoms with Gasteiger partial charge in [-0.1, -0.05) is 0 Å². The molecule has 1 aromatic heterocycles. The van der Waals surface area contributed by atoms with Crippen molar-refractivity contribution in [3.8, 4) is 5.40 Å². The molecule has 64 valence electrons. The first-order valence-electron chi connectivity index (χ1n) is 3.51. The monoisotopic (exact) mass is 191 g/mol. The molecule has 2 aromatic rings. The Bertz CT molecular complexity index is 486. The molecule has 1 heterocycles. The largest absolute Gasteiger partial charge is 0.424 e. The third-order valence-corrected chi connectivity index (χ3v) is 2.12. The zero-order valence-corrected chi connectivity index (χ0v) is 7.34. The maximum atomic E-state index is 8.44. The number of hydrogen-bond acceptors (Lipinski definition) is 5. The molecule has 0 aliphatic carbocycles. The zero-order valence-electron chi connectivity index (χ0n) is 6.52. The van der Waals surface area contributed by atoms with E-state index in [0.29, 0.717) is 11.1 Å². The molecule has 0 radical (unpaired) electrons. The molecule has 0 bridgehead atoms. The van der Waals surface area contributed by atoms with Crippen molar-refractivity contribution in [2.75, 3.05) is 5.73 Å². The second-order valence-electron chi connectivity index (χ2n) is 2.37. The predicted molar refractivity (Wildman–Crippen MR) is 49.9 cm³/mol. The van der Waals surface area contributed by atoms with Gasteiger partial charge in [0.25, 0.3) is 6.01 Å². The van der Waals surface area contributed by atoms with Crippen molar-refractivity contribution in [2.45, 2.75) is 4.90 Å². The van der Waals surface area contributed by atoms with E-state index >= 15 is 0 Å². The number of thiocyanates is 1. The standard InChI is InChI=1S/C8H5N3OS/c9-4-13-5-1-2-6-7(3-5)12-8(10)11-6/h1-3H,(H2,10,11). The Kier molecular flexibility index (Phi) is 1.83. The van der Waals surface area contributed by atoms with Crippen LogP contribution in [0.5, 0.6) is 0 Å². The Labute approximate surface area is 78.3 Å². The van der Waals surface area contributed by atoms with E-state index in [4.69, 9.17) is 15.4 Å². The number of aromatic nitrogens is 1. The third kappa shape index (κ3) is 1.44. The van der Waals surface area contributed by atoms with E-state index < -0.39 is 0 Å². The van der Waals surface area contributed by atoms with Crippen LogP contribution in [0.3, 0.4) is 0 Å². The van der Waals surface area contributed by atoms with E-state index in [1.165, 1.54) is 0 Å². The number of nitrogen functional groups attached to an aromatic ring is 1. The fraction of sp³-hybridized carbons (Fsp3) is 0. The van der Waals surface area contributed by atoms with Gasteiger partial charge in [0.15, 0.2) is 5.58 Å². The molecule has 1 aromatic carbocycles. The second kappa shape index (κ2) is 2.99. The van der Waals surface area contributed by atoms with Gasteiger partial charge in [-0.2, -0.15) is 10.2 Å². The first-order chi connectivity index (χ1) is 6.29. The maximum absolute atomic E-state index is 8.44. The highest BCUT2D eigenvalue weighted by Gasteiger charge is 2.03. The molecule has 0 aliphatic rings. The zero-order chi connectivity index (χ0) is 9.26. The fourth-order valence-corrected chi connectivity index (χ4v) is 1.45. The summed E-state index contributed by atoms with van der Waals surface area (Å²) in [7, 11) is 0. The summed E-state index contributed by atoms with van der Waals surface area (Å²) in [5.74, 6) is 0. The molecule has 0 amide bonds. The Morgan fingerprint density at radius 1 is 1.54 bits per heavy atom. The van der Waals surface area contributed by atoms with Gasteiger partial charge in [0.2, 0.25) is 0 Å². The number of anilines is 1. The van der Waals surface area contributed by atoms with Crippen LogP contribution in [0, 0.1) is 10.7 Å². The lowest BCUT2D eigenvalue weighted by Gasteiger charge is -1.90. The summed E-state index contributed by atoms with van der Waals surface area (Å²) in [5.41, 5.74) is 6.68. The summed E-state index contributed by atoms with van der Waals surface area (Å²) >= 11 is 1.08. The number of nitrogens with two attached hydrogens (primary N) is 1. The molecule has 2 rings (SSSR count). The quantitative estimate of drug-likeness (QED) is 0.551. The molecule has 0 unspecified atom stereocenters. The Morgan fingerprint density at radius 2 is 2.38 bits per heavy atom. The number of benzene rings is 1. The first-order valence-corrected chi connectivity index (χ1v) is 4.33. The summed E-state index contributed by atoms with van der Waals surface area (Å²) in [6.45, 7) is 0. The molecule has 13 heavy (non-hydrogen) atoms. The van der Waals surface area contributed by atoms with E-state index in [0.717, 1.165) is 16.7 Å². The molecular formula is C8H5N3OS. The summed E-state index contributed by atoms with van der Waals surface area (Å²) in [4.78, 5) is 4.76. The van der Waals surface area contributed by atoms with Crippen molar-refractivity contribution >= 4 is 28.9 Å². The Morgan fingerprint density at radius 3 is 3.15 bits per heavy atom. The van der Waals surface area contributed by atoms with E-state index in [1.807, 2.05) is 5.40 Å². The fourth-order valence-electron chi connectivity index (χ4n) is 1.04. The van der Waals surface area contributed by atoms with Gasteiger partial charge in [-0.3, -0.25) is 0 Å². The lowest BCUT2D eigenvalue weighted by Crippen LogP contribution is -1.80. The third-order valence-electron chi connectivity index (χ3n) is 1.54. The molecule has 0 saturated carbocycles. The second-order valence-corrected chi connectivity index (χ2v) is 3.23. The molecule has 0 aliphatic heterocycles. The van der Waals surface area contributed by atoms with E-state index in [2.05, 4.69) is 4.98 Å². The highest BCUT2D eigenvalue weighted by Crippen LogP contribution is 2.23. The lowest BCUT2D eigenvalue weighted by molar-refractivity contribution is 0.625. The van der Waals surface area contributed by atoms with Crippen molar-refractivity contribution in [1.29, 1.82) is 5.26 Å². The summed E-state index contributed by atoms with van der Waals surface area (Å²) in [6.07, 6.45) is 0. The van der Waals surface area contributed by atoms with Crippen LogP contribution in [-0.2, 0) is 0 Å². The topological polar surface area (TPSA) is 75.8 Å². The van der Waals surface area contributed by atoms with Crippen molar-refractivity contribution in [3.63, 3.8) is 0 Å². The van der Waals surface area contributed by atoms with E-state index in [1.54, 1.807) is 18.2 Å². The van der Waals surface area contributed by atoms with Gasteiger partial charge in [0.05, 0.1) is 0 Å². The minimum atomic E-state index is 0.147. The maximum Gasteiger partial charge on any atom is 0.292 e. The SMILES string of the molecule is N#CSc1ccc2nc(N)oc2c1. The van der Waals surface area contributed by atoms with Gasteiger partial charge in [-0.05, 0) is 30.0 Å². The van der Waals surface area contributed by atoms with Crippen LogP contribution in [0.25, 0.3) is 11.1 Å². The summed E-state index contributed by atoms with van der Waals surface area (Å²) in [6, 6.07) is 5.47. The molecule has 0 saturated heterocycles. The molecular weight excluding hydrogens is 186 g/mol. The van der Waals surface area contributed by atoms with Crippen LogP contribution < -0.4 is 5.73 Å². The van der Waals surface area contributed by atoms with Crippen molar-refractivity contribution in [3.05, 3.63) is 18.2 Å². The minimum absolute atomic E-state index is 0.147. The predicted octanol–water partition coefficient (Wildman–Crippen LogP) is 1.98. The number of nitriles is 1. The van der Waals surface area contributed by atoms with E-state index in [-0.39, 0.29) is 6.01 Å². The molecule has 2 N–H and O–H groups in total. The van der Waals surface area contributed by atoms with Gasteiger partial charge in [0, 0.05) is 4.90 Å². The molecule has 0 spiro atoms. The first kappa shape index (κ1) is 7.95. The van der Waals surface area contributed by atoms with Gasteiger partial charge in [-0.15, -0.1) is 0 Å². The van der Waals surface area contributed by atoms with Gasteiger partial charge in [-0.25, -0.2) is 0 Å². The number of rotatable bonds is 1. The highest BCUT2D eigenvalue weighted by atomic mass is 32.2. The Hall–Kier alpha value is -1.67. The Balaban J connectivity index is 2.56. The molecule has 0 fully saturated rings. The normalized spacial score (nSPS) is 10.1. The summed E-state index contributed by atoms with van der Waals surface area (Å²) in [5, 5.41) is 10.4. The number of hydrogen-bond donors (Lipinski definition) is 1. The van der Waals surface area contributed by atoms with Crippen LogP contribution in [0.1, 0.15) is 0 Å². The average molecular weight is 191 g/mol. The van der Waals surface area contributed by atoms with Crippen molar-refractivity contribution in [2.24, 2.45) is 0 Å². The smallest absolute Gasteiger partial charge is 0.292 e. The summed E-state index contributed by atoms with van der Waals surface area (Å²) < 4.78 is 5.10. The average Bonchev–Trinajstić information content (AvgIpc) is 2.44. The van der Waals surface area contributed by atoms with Crippen molar-refractivity contribution < 1.29 is 4.42 Å². The van der Waals surface area contributed by atoms with Gasteiger partial charge >= 0.3 is 0 Å². The molecule has 0 atom stereocenters. The number of nitrogens with zero attached hydrogens (tertiary/aromatic N) is 2. The van der Waals surface area contributed by atoms with E-state index in [9.17, 15) is 0 Å². The number of oxazole rings is 1. The highest BCUT2D eigenvalue weighted by molar-refractivity contribution is 8.03. The van der Waals surface area contributed by atoms with Crippen LogP contribution in [-0.4, -0.2) is 4.98 Å². The minimum Gasteiger partial charge on any atom is -0.424 e. The van der Waals surface area contributed by atoms with Crippen LogP contribution >= 0.6 is 11.8 Å². The number of fused-ring (bicyclic) bond motifs is 1. The van der Waals surface area contributed by atoms with Gasteiger partial charge < -0.3 is 10.2 Å². The molecule has 5 heteroatoms. The number of thioether (sulfide) groups is 1. The molecule has 4 nitrogen and oxygen atoms in total. The van der Waals surface area contributed by atoms with Crippen LogP contribution in [0.4, 0.5) is 6.01 Å². The lowest BCUT2D eigenvalue weighted by atomic mass is 10.3. The van der Waals surface area contributed by atoms with Gasteiger partial charge in [0.1, 0.15) is 10.9 Å². The van der Waals surface area contributed by atoms with Crippen LogP contribution in [0.15, 0.2) is 27.5 Å². The van der Waals surface area contributed by atoms with Crippen LogP contribution in [0.2, 0.25) is 0 Å².